The smallest absolute Gasteiger partial charge is 0.337 e. The zero-order chi connectivity index (χ0) is 14.0. The van der Waals surface area contributed by atoms with Crippen LogP contribution in [0, 0.1) is 13.8 Å². The Hall–Kier alpha value is -2.28. The highest BCUT2D eigenvalue weighted by atomic mass is 32.1. The molecule has 2 aromatic rings. The number of aryl methyl sites for hydroxylation is 2. The van der Waals surface area contributed by atoms with Crippen molar-refractivity contribution in [2.24, 2.45) is 0 Å². The third-order valence-corrected chi connectivity index (χ3v) is 3.26. The van der Waals surface area contributed by atoms with Gasteiger partial charge in [0.2, 0.25) is 0 Å². The Morgan fingerprint density at radius 1 is 1.26 bits per heavy atom. The summed E-state index contributed by atoms with van der Waals surface area (Å²) in [5.74, 6) is -1.47. The third-order valence-electron chi connectivity index (χ3n) is 2.39. The fourth-order valence-corrected chi connectivity index (χ4v) is 2.17. The molecule has 0 aliphatic carbocycles. The number of hydrogen-bond acceptors (Lipinski definition) is 5. The van der Waals surface area contributed by atoms with Gasteiger partial charge < -0.3 is 5.11 Å². The molecule has 2 heterocycles. The SMILES string of the molecule is Cc1csc(NC(=O)c2ccc(C(=O)O)c(C)n2)n1. The number of carbonyl (C=O) groups is 2. The number of carboxylic acid groups (broad SMARTS) is 1. The molecule has 0 saturated carbocycles. The number of nitrogens with one attached hydrogen (secondary N) is 1. The van der Waals surface area contributed by atoms with E-state index in [4.69, 9.17) is 5.11 Å². The van der Waals surface area contributed by atoms with Gasteiger partial charge in [0.25, 0.3) is 5.91 Å². The summed E-state index contributed by atoms with van der Waals surface area (Å²) in [6, 6.07) is 2.75. The molecule has 19 heavy (non-hydrogen) atoms. The molecule has 0 aliphatic heterocycles. The highest BCUT2D eigenvalue weighted by Crippen LogP contribution is 2.15. The van der Waals surface area contributed by atoms with Crippen LogP contribution in [0.1, 0.15) is 32.2 Å². The third kappa shape index (κ3) is 2.94. The number of carbonyl (C=O) groups excluding carboxylic acids is 1. The van der Waals surface area contributed by atoms with Crippen molar-refractivity contribution < 1.29 is 14.7 Å². The molecule has 2 rings (SSSR count). The molecule has 98 valence electrons. The summed E-state index contributed by atoms with van der Waals surface area (Å²) in [4.78, 5) is 30.8. The Kier molecular flexibility index (Phi) is 3.57. The van der Waals surface area contributed by atoms with E-state index >= 15 is 0 Å². The molecule has 0 unspecified atom stereocenters. The lowest BCUT2D eigenvalue weighted by Crippen LogP contribution is -2.15. The molecular weight excluding hydrogens is 266 g/mol. The second kappa shape index (κ2) is 5.15. The summed E-state index contributed by atoms with van der Waals surface area (Å²) >= 11 is 1.32. The van der Waals surface area contributed by atoms with Gasteiger partial charge >= 0.3 is 5.97 Å². The molecule has 6 nitrogen and oxygen atoms in total. The maximum atomic E-state index is 11.9. The van der Waals surface area contributed by atoms with Gasteiger partial charge in [-0.2, -0.15) is 0 Å². The number of carboxylic acids is 1. The molecule has 0 atom stereocenters. The van der Waals surface area contributed by atoms with Crippen molar-refractivity contribution in [3.8, 4) is 0 Å². The van der Waals surface area contributed by atoms with E-state index in [1.54, 1.807) is 6.92 Å². The molecule has 1 amide bonds. The maximum Gasteiger partial charge on any atom is 0.337 e. The zero-order valence-corrected chi connectivity index (χ0v) is 11.1. The largest absolute Gasteiger partial charge is 0.478 e. The lowest BCUT2D eigenvalue weighted by molar-refractivity contribution is 0.0695. The van der Waals surface area contributed by atoms with E-state index in [9.17, 15) is 9.59 Å². The van der Waals surface area contributed by atoms with Gasteiger partial charge in [-0.3, -0.25) is 10.1 Å². The van der Waals surface area contributed by atoms with Crippen LogP contribution in [0.4, 0.5) is 5.13 Å². The number of rotatable bonds is 3. The first-order chi connectivity index (χ1) is 8.97. The van der Waals surface area contributed by atoms with Crippen LogP contribution in [0.3, 0.4) is 0 Å². The van der Waals surface area contributed by atoms with Crippen LogP contribution in [0.2, 0.25) is 0 Å². The van der Waals surface area contributed by atoms with E-state index in [1.807, 2.05) is 12.3 Å². The second-order valence-electron chi connectivity index (χ2n) is 3.88. The van der Waals surface area contributed by atoms with Crippen molar-refractivity contribution in [3.63, 3.8) is 0 Å². The number of pyridine rings is 1. The summed E-state index contributed by atoms with van der Waals surface area (Å²) in [6.45, 7) is 3.38. The molecule has 7 heteroatoms. The Labute approximate surface area is 113 Å². The summed E-state index contributed by atoms with van der Waals surface area (Å²) < 4.78 is 0. The topological polar surface area (TPSA) is 92.2 Å². The molecule has 0 fully saturated rings. The zero-order valence-electron chi connectivity index (χ0n) is 10.3. The summed E-state index contributed by atoms with van der Waals surface area (Å²) in [5, 5.41) is 13.8. The van der Waals surface area contributed by atoms with Crippen LogP contribution in [0.25, 0.3) is 0 Å². The van der Waals surface area contributed by atoms with Gasteiger partial charge in [-0.25, -0.2) is 14.8 Å². The monoisotopic (exact) mass is 277 g/mol. The molecule has 0 radical (unpaired) electrons. The van der Waals surface area contributed by atoms with Crippen molar-refractivity contribution >= 4 is 28.3 Å². The number of amides is 1. The summed E-state index contributed by atoms with van der Waals surface area (Å²) in [7, 11) is 0. The van der Waals surface area contributed by atoms with E-state index in [1.165, 1.54) is 23.5 Å². The Balaban J connectivity index is 2.20. The molecule has 0 aliphatic rings. The number of thiazole rings is 1. The second-order valence-corrected chi connectivity index (χ2v) is 4.74. The molecule has 0 saturated heterocycles. The van der Waals surface area contributed by atoms with Gasteiger partial charge in [0.15, 0.2) is 5.13 Å². The number of anilines is 1. The minimum atomic E-state index is -1.06. The van der Waals surface area contributed by atoms with Crippen molar-refractivity contribution in [1.29, 1.82) is 0 Å². The Morgan fingerprint density at radius 2 is 2.00 bits per heavy atom. The lowest BCUT2D eigenvalue weighted by Gasteiger charge is -2.04. The van der Waals surface area contributed by atoms with E-state index in [-0.39, 0.29) is 11.3 Å². The first-order valence-corrected chi connectivity index (χ1v) is 6.30. The van der Waals surface area contributed by atoms with Gasteiger partial charge in [-0.1, -0.05) is 0 Å². The number of aromatic nitrogens is 2. The average molecular weight is 277 g/mol. The van der Waals surface area contributed by atoms with Crippen LogP contribution in [-0.4, -0.2) is 27.0 Å². The van der Waals surface area contributed by atoms with Crippen molar-refractivity contribution in [2.75, 3.05) is 5.32 Å². The minimum Gasteiger partial charge on any atom is -0.478 e. The fraction of sp³-hybridized carbons (Fsp3) is 0.167. The fourth-order valence-electron chi connectivity index (χ4n) is 1.49. The van der Waals surface area contributed by atoms with Crippen LogP contribution < -0.4 is 5.32 Å². The first-order valence-electron chi connectivity index (χ1n) is 5.42. The van der Waals surface area contributed by atoms with Crippen LogP contribution in [0.15, 0.2) is 17.5 Å². The Bertz CT molecular complexity index is 651. The predicted molar refractivity (Wildman–Crippen MR) is 70.7 cm³/mol. The van der Waals surface area contributed by atoms with E-state index in [2.05, 4.69) is 15.3 Å². The predicted octanol–water partition coefficient (Wildman–Crippen LogP) is 2.11. The van der Waals surface area contributed by atoms with E-state index in [0.29, 0.717) is 10.8 Å². The summed E-state index contributed by atoms with van der Waals surface area (Å²) in [6.07, 6.45) is 0. The number of nitrogens with zero attached hydrogens (tertiary/aromatic N) is 2. The highest BCUT2D eigenvalue weighted by molar-refractivity contribution is 7.13. The molecule has 2 N–H and O–H groups in total. The summed E-state index contributed by atoms with van der Waals surface area (Å²) in [5.41, 5.74) is 1.37. The first kappa shape index (κ1) is 13.2. The standard InChI is InChI=1S/C12H11N3O3S/c1-6-5-19-12(13-6)15-10(16)9-4-3-8(11(17)18)7(2)14-9/h3-5H,1-2H3,(H,17,18)(H,13,15,16). The molecule has 0 bridgehead atoms. The molecule has 2 aromatic heterocycles. The number of hydrogen-bond donors (Lipinski definition) is 2. The van der Waals surface area contributed by atoms with Crippen LogP contribution in [-0.2, 0) is 0 Å². The van der Waals surface area contributed by atoms with E-state index in [0.717, 1.165) is 5.69 Å². The van der Waals surface area contributed by atoms with Crippen molar-refractivity contribution in [1.82, 2.24) is 9.97 Å². The van der Waals surface area contributed by atoms with Gasteiger partial charge in [-0.05, 0) is 26.0 Å². The quantitative estimate of drug-likeness (QED) is 0.896. The maximum absolute atomic E-state index is 11.9. The average Bonchev–Trinajstić information content (AvgIpc) is 2.74. The highest BCUT2D eigenvalue weighted by Gasteiger charge is 2.14. The Morgan fingerprint density at radius 3 is 2.53 bits per heavy atom. The molecule has 0 aromatic carbocycles. The van der Waals surface area contributed by atoms with Gasteiger partial charge in [0.05, 0.1) is 17.0 Å². The molecular formula is C12H11N3O3S. The van der Waals surface area contributed by atoms with Gasteiger partial charge in [-0.15, -0.1) is 11.3 Å². The minimum absolute atomic E-state index is 0.0849. The van der Waals surface area contributed by atoms with Crippen molar-refractivity contribution in [3.05, 3.63) is 40.2 Å². The van der Waals surface area contributed by atoms with Crippen LogP contribution >= 0.6 is 11.3 Å². The number of aromatic carboxylic acids is 1. The van der Waals surface area contributed by atoms with Crippen LogP contribution in [0.5, 0.6) is 0 Å². The lowest BCUT2D eigenvalue weighted by atomic mass is 10.2. The van der Waals surface area contributed by atoms with Gasteiger partial charge in [0.1, 0.15) is 5.69 Å². The van der Waals surface area contributed by atoms with E-state index < -0.39 is 11.9 Å². The van der Waals surface area contributed by atoms with Crippen molar-refractivity contribution in [2.45, 2.75) is 13.8 Å². The van der Waals surface area contributed by atoms with Gasteiger partial charge in [0, 0.05) is 5.38 Å². The molecule has 0 spiro atoms. The normalized spacial score (nSPS) is 10.2.